The lowest BCUT2D eigenvalue weighted by molar-refractivity contribution is -0.124. The van der Waals surface area contributed by atoms with Crippen LogP contribution in [0.15, 0.2) is 60.7 Å². The predicted molar refractivity (Wildman–Crippen MR) is 85.2 cm³/mol. The van der Waals surface area contributed by atoms with Gasteiger partial charge in [-0.3, -0.25) is 14.8 Å². The first-order valence-electron chi connectivity index (χ1n) is 6.79. The molecule has 0 saturated carbocycles. The van der Waals surface area contributed by atoms with Crippen LogP contribution in [0.4, 0.5) is 4.39 Å². The minimum Gasteiger partial charge on any atom is -0.289 e. The summed E-state index contributed by atoms with van der Waals surface area (Å²) in [4.78, 5) is 22.8. The summed E-state index contributed by atoms with van der Waals surface area (Å²) < 4.78 is 13.9. The van der Waals surface area contributed by atoms with E-state index >= 15 is 0 Å². The zero-order chi connectivity index (χ0) is 16.7. The van der Waals surface area contributed by atoms with Gasteiger partial charge in [-0.2, -0.15) is 0 Å². The molecule has 0 bridgehead atoms. The van der Waals surface area contributed by atoms with Gasteiger partial charge >= 0.3 is 0 Å². The van der Waals surface area contributed by atoms with Gasteiger partial charge in [-0.1, -0.05) is 48.5 Å². The smallest absolute Gasteiger partial charge is 0.267 e. The lowest BCUT2D eigenvalue weighted by Gasteiger charge is -1.99. The molecule has 0 spiro atoms. The quantitative estimate of drug-likeness (QED) is 0.385. The van der Waals surface area contributed by atoms with Crippen LogP contribution in [-0.2, 0) is 4.79 Å². The molecule has 2 aromatic carbocycles. The zero-order valence-electron chi connectivity index (χ0n) is 12.1. The van der Waals surface area contributed by atoms with E-state index in [2.05, 4.69) is 0 Å². The fourth-order valence-corrected chi connectivity index (χ4v) is 1.86. The van der Waals surface area contributed by atoms with Gasteiger partial charge in [0.05, 0.1) is 0 Å². The molecule has 0 atom stereocenters. The summed E-state index contributed by atoms with van der Waals surface area (Å²) in [7, 11) is 0. The molecule has 0 aromatic heterocycles. The maximum absolute atomic E-state index is 13.9. The summed E-state index contributed by atoms with van der Waals surface area (Å²) >= 11 is 0. The molecule has 0 aliphatic carbocycles. The highest BCUT2D eigenvalue weighted by Crippen LogP contribution is 2.14. The van der Waals surface area contributed by atoms with Crippen LogP contribution >= 0.6 is 0 Å². The van der Waals surface area contributed by atoms with E-state index in [0.717, 1.165) is 6.08 Å². The molecular formula is C18H14FNO3. The van der Waals surface area contributed by atoms with Crippen molar-refractivity contribution in [3.63, 3.8) is 0 Å². The van der Waals surface area contributed by atoms with Crippen molar-refractivity contribution >= 4 is 23.8 Å². The van der Waals surface area contributed by atoms with Gasteiger partial charge < -0.3 is 0 Å². The van der Waals surface area contributed by atoms with Crippen LogP contribution in [0.3, 0.4) is 0 Å². The molecule has 0 radical (unpaired) electrons. The summed E-state index contributed by atoms with van der Waals surface area (Å²) in [6.07, 6.45) is 5.14. The minimum atomic E-state index is -0.748. The van der Waals surface area contributed by atoms with Crippen LogP contribution < -0.4 is 5.48 Å². The molecule has 1 amide bonds. The van der Waals surface area contributed by atoms with Gasteiger partial charge in [0, 0.05) is 17.2 Å². The number of ketones is 1. The number of carbonyl (C=O) groups excluding carboxylic acids is 2. The number of benzene rings is 2. The third-order valence-corrected chi connectivity index (χ3v) is 3.03. The molecule has 0 aliphatic rings. The van der Waals surface area contributed by atoms with Crippen molar-refractivity contribution < 1.29 is 19.2 Å². The van der Waals surface area contributed by atoms with E-state index in [-0.39, 0.29) is 11.3 Å². The fraction of sp³-hybridized carbons (Fsp3) is 0. The van der Waals surface area contributed by atoms with Gasteiger partial charge in [-0.25, -0.2) is 9.87 Å². The van der Waals surface area contributed by atoms with Gasteiger partial charge in [-0.15, -0.1) is 0 Å². The van der Waals surface area contributed by atoms with Crippen molar-refractivity contribution in [2.24, 2.45) is 0 Å². The van der Waals surface area contributed by atoms with Crippen molar-refractivity contribution in [3.05, 3.63) is 83.2 Å². The van der Waals surface area contributed by atoms with E-state index < -0.39 is 11.7 Å². The largest absolute Gasteiger partial charge is 0.289 e. The van der Waals surface area contributed by atoms with Gasteiger partial charge in [0.25, 0.3) is 5.91 Å². The van der Waals surface area contributed by atoms with Crippen molar-refractivity contribution in [2.75, 3.05) is 0 Å². The van der Waals surface area contributed by atoms with Crippen LogP contribution in [0.1, 0.15) is 21.5 Å². The maximum atomic E-state index is 13.9. The first-order valence-corrected chi connectivity index (χ1v) is 6.79. The molecule has 4 nitrogen and oxygen atoms in total. The van der Waals surface area contributed by atoms with Crippen molar-refractivity contribution in [2.45, 2.75) is 0 Å². The normalized spacial score (nSPS) is 11.0. The van der Waals surface area contributed by atoms with E-state index in [1.165, 1.54) is 35.8 Å². The molecule has 0 fully saturated rings. The molecule has 0 saturated heterocycles. The summed E-state index contributed by atoms with van der Waals surface area (Å²) in [5, 5.41) is 8.36. The topological polar surface area (TPSA) is 66.4 Å². The second-order valence-electron chi connectivity index (χ2n) is 4.65. The van der Waals surface area contributed by atoms with E-state index in [1.807, 2.05) is 6.07 Å². The van der Waals surface area contributed by atoms with Crippen LogP contribution in [0.5, 0.6) is 0 Å². The highest BCUT2D eigenvalue weighted by Gasteiger charge is 2.02. The lowest BCUT2D eigenvalue weighted by Crippen LogP contribution is -2.14. The summed E-state index contributed by atoms with van der Waals surface area (Å²) in [6.45, 7) is 0. The third kappa shape index (κ3) is 4.72. The second-order valence-corrected chi connectivity index (χ2v) is 4.65. The number of rotatable bonds is 5. The van der Waals surface area contributed by atoms with Crippen LogP contribution in [0.2, 0.25) is 0 Å². The Morgan fingerprint density at radius 3 is 2.39 bits per heavy atom. The highest BCUT2D eigenvalue weighted by molar-refractivity contribution is 6.06. The lowest BCUT2D eigenvalue weighted by atomic mass is 10.1. The number of hydrogen-bond donors (Lipinski definition) is 2. The monoisotopic (exact) mass is 311 g/mol. The predicted octanol–water partition coefficient (Wildman–Crippen LogP) is 3.24. The van der Waals surface area contributed by atoms with Gasteiger partial charge in [-0.05, 0) is 23.8 Å². The molecule has 0 heterocycles. The number of amides is 1. The Morgan fingerprint density at radius 1 is 1.00 bits per heavy atom. The van der Waals surface area contributed by atoms with E-state index in [9.17, 15) is 14.0 Å². The molecule has 0 unspecified atom stereocenters. The van der Waals surface area contributed by atoms with Gasteiger partial charge in [0.15, 0.2) is 5.78 Å². The van der Waals surface area contributed by atoms with Crippen molar-refractivity contribution in [1.29, 1.82) is 0 Å². The molecular weight excluding hydrogens is 297 g/mol. The molecule has 116 valence electrons. The Kier molecular flexibility index (Phi) is 5.55. The number of allylic oxidation sites excluding steroid dienone is 1. The fourth-order valence-electron chi connectivity index (χ4n) is 1.86. The molecule has 0 aliphatic heterocycles. The van der Waals surface area contributed by atoms with Crippen molar-refractivity contribution in [1.82, 2.24) is 5.48 Å². The van der Waals surface area contributed by atoms with Crippen molar-refractivity contribution in [3.8, 4) is 0 Å². The summed E-state index contributed by atoms with van der Waals surface area (Å²) in [5.41, 5.74) is 2.69. The average molecular weight is 311 g/mol. The maximum Gasteiger partial charge on any atom is 0.267 e. The minimum absolute atomic E-state index is 0.172. The Morgan fingerprint density at radius 2 is 1.74 bits per heavy atom. The number of halogens is 1. The average Bonchev–Trinajstić information content (AvgIpc) is 2.59. The Bertz CT molecular complexity index is 767. The zero-order valence-corrected chi connectivity index (χ0v) is 12.1. The summed E-state index contributed by atoms with van der Waals surface area (Å²) in [5.74, 6) is -1.46. The van der Waals surface area contributed by atoms with Gasteiger partial charge in [0.1, 0.15) is 5.82 Å². The van der Waals surface area contributed by atoms with Crippen LogP contribution in [0, 0.1) is 5.82 Å². The standard InChI is InChI=1S/C18H14FNO3/c19-16-12-13(6-8-14(16)9-11-18(22)20-23)7-10-17(21)15-4-2-1-3-5-15/h1-12,23H,(H,20,22)/b10-7+,11-9+. The van der Waals surface area contributed by atoms with Crippen LogP contribution in [0.25, 0.3) is 12.2 Å². The van der Waals surface area contributed by atoms with E-state index in [4.69, 9.17) is 5.21 Å². The second kappa shape index (κ2) is 7.82. The van der Waals surface area contributed by atoms with E-state index in [1.54, 1.807) is 30.3 Å². The first-order chi connectivity index (χ1) is 11.1. The summed E-state index contributed by atoms with van der Waals surface area (Å²) in [6, 6.07) is 13.1. The Labute approximate surface area is 132 Å². The Balaban J connectivity index is 2.11. The number of hydrogen-bond acceptors (Lipinski definition) is 3. The molecule has 5 heteroatoms. The molecule has 23 heavy (non-hydrogen) atoms. The molecule has 2 aromatic rings. The third-order valence-electron chi connectivity index (χ3n) is 3.03. The Hall–Kier alpha value is -3.05. The van der Waals surface area contributed by atoms with Gasteiger partial charge in [0.2, 0.25) is 0 Å². The highest BCUT2D eigenvalue weighted by atomic mass is 19.1. The van der Waals surface area contributed by atoms with E-state index in [0.29, 0.717) is 11.1 Å². The molecule has 2 rings (SSSR count). The van der Waals surface area contributed by atoms with Crippen LogP contribution in [-0.4, -0.2) is 16.9 Å². The first kappa shape index (κ1) is 16.3. The molecule has 2 N–H and O–H groups in total. The number of hydroxylamine groups is 1. The SMILES string of the molecule is O=C(/C=C/c1ccc(/C=C/C(=O)c2ccccc2)cc1F)NO. The number of nitrogens with one attached hydrogen (secondary N) is 1. The number of carbonyl (C=O) groups is 2.